The van der Waals surface area contributed by atoms with Crippen molar-refractivity contribution in [2.24, 2.45) is 29.4 Å². The molecule has 3 aliphatic carbocycles. The van der Waals surface area contributed by atoms with Gasteiger partial charge in [-0.05, 0) is 62.2 Å². The fourth-order valence-electron chi connectivity index (χ4n) is 7.30. The van der Waals surface area contributed by atoms with Crippen molar-refractivity contribution in [2.75, 3.05) is 21.3 Å². The number of rotatable bonds is 4. The minimum absolute atomic E-state index is 0.00314. The summed E-state index contributed by atoms with van der Waals surface area (Å²) in [5.41, 5.74) is 6.13. The Morgan fingerprint density at radius 3 is 2.30 bits per heavy atom. The summed E-state index contributed by atoms with van der Waals surface area (Å²) in [4.78, 5) is 12.1. The van der Waals surface area contributed by atoms with Gasteiger partial charge >= 0.3 is 0 Å². The third kappa shape index (κ3) is 4.14. The van der Waals surface area contributed by atoms with E-state index in [0.717, 1.165) is 38.5 Å². The van der Waals surface area contributed by atoms with Crippen molar-refractivity contribution in [3.05, 3.63) is 0 Å². The third-order valence-corrected chi connectivity index (χ3v) is 8.40. The molecule has 0 aromatic heterocycles. The number of amides is 1. The van der Waals surface area contributed by atoms with Gasteiger partial charge in [0.05, 0.1) is 12.2 Å². The second kappa shape index (κ2) is 9.38. The number of carbonyl (C=O) groups is 1. The summed E-state index contributed by atoms with van der Waals surface area (Å²) >= 11 is 0. The van der Waals surface area contributed by atoms with Gasteiger partial charge in [-0.1, -0.05) is 0 Å². The molecule has 172 valence electrons. The molecular weight excluding hydrogens is 384 g/mol. The van der Waals surface area contributed by atoms with E-state index in [9.17, 15) is 4.79 Å². The SMILES string of the molecule is COC1CC2CC[C@@H](NC(C)=O)C3CC4NC(N)NC4CCC3C2C(OC)C1OC. The molecule has 0 aromatic rings. The maximum absolute atomic E-state index is 12.1. The molecule has 4 fully saturated rings. The van der Waals surface area contributed by atoms with Crippen LogP contribution in [0.4, 0.5) is 0 Å². The van der Waals surface area contributed by atoms with Gasteiger partial charge in [0.25, 0.3) is 0 Å². The lowest BCUT2D eigenvalue weighted by Gasteiger charge is -2.49. The van der Waals surface area contributed by atoms with E-state index in [0.29, 0.717) is 35.8 Å². The highest BCUT2D eigenvalue weighted by Crippen LogP contribution is 2.51. The second-order valence-corrected chi connectivity index (χ2v) is 9.80. The van der Waals surface area contributed by atoms with Gasteiger partial charge in [0, 0.05) is 46.4 Å². The average Bonchev–Trinajstić information content (AvgIpc) is 2.90. The van der Waals surface area contributed by atoms with E-state index in [1.165, 1.54) is 0 Å². The van der Waals surface area contributed by atoms with Crippen molar-refractivity contribution < 1.29 is 19.0 Å². The molecule has 3 saturated carbocycles. The third-order valence-electron chi connectivity index (χ3n) is 8.40. The zero-order chi connectivity index (χ0) is 21.4. The smallest absolute Gasteiger partial charge is 0.217 e. The average molecular weight is 425 g/mol. The number of hydrogen-bond donors (Lipinski definition) is 4. The summed E-state index contributed by atoms with van der Waals surface area (Å²) in [6, 6.07) is 0.921. The van der Waals surface area contributed by atoms with Crippen molar-refractivity contribution >= 4 is 5.91 Å². The quantitative estimate of drug-likeness (QED) is 0.522. The molecule has 30 heavy (non-hydrogen) atoms. The molecule has 4 aliphatic rings. The molecule has 1 saturated heterocycles. The summed E-state index contributed by atoms with van der Waals surface area (Å²) in [6.45, 7) is 1.64. The van der Waals surface area contributed by atoms with Crippen LogP contribution in [0.5, 0.6) is 0 Å². The summed E-state index contributed by atoms with van der Waals surface area (Å²) < 4.78 is 17.9. The molecule has 4 rings (SSSR count). The van der Waals surface area contributed by atoms with E-state index in [4.69, 9.17) is 19.9 Å². The van der Waals surface area contributed by atoms with Crippen LogP contribution < -0.4 is 21.7 Å². The van der Waals surface area contributed by atoms with Crippen LogP contribution in [0.2, 0.25) is 0 Å². The predicted octanol–water partition coefficient (Wildman–Crippen LogP) is 0.555. The molecule has 8 nitrogen and oxygen atoms in total. The number of carbonyl (C=O) groups excluding carboxylic acids is 1. The summed E-state index contributed by atoms with van der Waals surface area (Å²) in [7, 11) is 5.35. The Hall–Kier alpha value is -0.770. The number of nitrogens with one attached hydrogen (secondary N) is 3. The molecule has 0 radical (unpaired) electrons. The van der Waals surface area contributed by atoms with Gasteiger partial charge in [0.15, 0.2) is 0 Å². The molecule has 1 amide bonds. The first kappa shape index (κ1) is 22.4. The molecule has 0 aromatic carbocycles. The number of methoxy groups -OCH3 is 3. The van der Waals surface area contributed by atoms with E-state index in [1.54, 1.807) is 21.1 Å². The van der Waals surface area contributed by atoms with Gasteiger partial charge < -0.3 is 25.3 Å². The Balaban J connectivity index is 1.68. The monoisotopic (exact) mass is 424 g/mol. The van der Waals surface area contributed by atoms with E-state index in [-0.39, 0.29) is 36.6 Å². The maximum Gasteiger partial charge on any atom is 0.217 e. The minimum Gasteiger partial charge on any atom is -0.379 e. The highest BCUT2D eigenvalue weighted by atomic mass is 16.6. The van der Waals surface area contributed by atoms with Crippen LogP contribution in [0.1, 0.15) is 45.4 Å². The normalized spacial score (nSPS) is 48.6. The first-order valence-electron chi connectivity index (χ1n) is 11.6. The number of ether oxygens (including phenoxy) is 3. The van der Waals surface area contributed by atoms with Crippen LogP contribution in [0.25, 0.3) is 0 Å². The number of nitrogens with two attached hydrogens (primary N) is 1. The maximum atomic E-state index is 12.1. The first-order chi connectivity index (χ1) is 14.5. The lowest BCUT2D eigenvalue weighted by atomic mass is 9.64. The predicted molar refractivity (Wildman–Crippen MR) is 113 cm³/mol. The Kier molecular flexibility index (Phi) is 7.01. The van der Waals surface area contributed by atoms with Crippen molar-refractivity contribution in [3.63, 3.8) is 0 Å². The van der Waals surface area contributed by atoms with E-state index < -0.39 is 0 Å². The highest BCUT2D eigenvalue weighted by Gasteiger charge is 2.54. The van der Waals surface area contributed by atoms with Crippen molar-refractivity contribution in [1.29, 1.82) is 0 Å². The molecular formula is C22H40N4O4. The van der Waals surface area contributed by atoms with Crippen molar-refractivity contribution in [3.8, 4) is 0 Å². The Morgan fingerprint density at radius 1 is 0.900 bits per heavy atom. The molecule has 5 N–H and O–H groups in total. The van der Waals surface area contributed by atoms with Crippen LogP contribution in [0.15, 0.2) is 0 Å². The summed E-state index contributed by atoms with van der Waals surface area (Å²) in [6.07, 6.45) is 6.13. The fraction of sp³-hybridized carbons (Fsp3) is 0.955. The largest absolute Gasteiger partial charge is 0.379 e. The van der Waals surface area contributed by atoms with E-state index in [1.807, 2.05) is 7.11 Å². The van der Waals surface area contributed by atoms with Crippen LogP contribution in [0, 0.1) is 23.7 Å². The van der Waals surface area contributed by atoms with E-state index in [2.05, 4.69) is 16.0 Å². The number of hydrogen-bond acceptors (Lipinski definition) is 7. The lowest BCUT2D eigenvalue weighted by Crippen LogP contribution is -2.56. The topological polar surface area (TPSA) is 107 Å². The molecule has 1 heterocycles. The summed E-state index contributed by atoms with van der Waals surface area (Å²) in [5.74, 6) is 1.85. The Morgan fingerprint density at radius 2 is 1.63 bits per heavy atom. The minimum atomic E-state index is -0.143. The zero-order valence-electron chi connectivity index (χ0n) is 18.8. The molecule has 1 aliphatic heterocycles. The summed E-state index contributed by atoms with van der Waals surface area (Å²) in [5, 5.41) is 10.4. The molecule has 0 spiro atoms. The lowest BCUT2D eigenvalue weighted by molar-refractivity contribution is -0.178. The van der Waals surface area contributed by atoms with Gasteiger partial charge in [-0.2, -0.15) is 0 Å². The standard InChI is InChI=1S/C22H40N4O4/c1-11(27)24-15-7-5-12-9-18(28-2)20(29-3)21(30-4)19(12)13-6-8-16-17(10-14(13)15)26-22(23)25-16/h12-22,25-26H,5-10,23H2,1-4H3,(H,24,27)/t12?,13?,14?,15-,16?,17?,18?,19?,20?,21?,22?/m1/s1. The molecule has 11 atom stereocenters. The Bertz CT molecular complexity index is 608. The number of fused-ring (bicyclic) bond motifs is 4. The van der Waals surface area contributed by atoms with Crippen LogP contribution in [0.3, 0.4) is 0 Å². The molecule has 10 unspecified atom stereocenters. The van der Waals surface area contributed by atoms with Crippen LogP contribution in [-0.4, -0.2) is 70.0 Å². The molecule has 8 heteroatoms. The van der Waals surface area contributed by atoms with Gasteiger partial charge in [-0.3, -0.25) is 15.4 Å². The van der Waals surface area contributed by atoms with Crippen molar-refractivity contribution in [1.82, 2.24) is 16.0 Å². The fourth-order valence-corrected chi connectivity index (χ4v) is 7.30. The first-order valence-corrected chi connectivity index (χ1v) is 11.6. The second-order valence-electron chi connectivity index (χ2n) is 9.80. The molecule has 0 bridgehead atoms. The highest BCUT2D eigenvalue weighted by molar-refractivity contribution is 5.73. The van der Waals surface area contributed by atoms with Crippen LogP contribution >= 0.6 is 0 Å². The van der Waals surface area contributed by atoms with Gasteiger partial charge in [0.1, 0.15) is 12.4 Å². The van der Waals surface area contributed by atoms with Gasteiger partial charge in [-0.25, -0.2) is 0 Å². The van der Waals surface area contributed by atoms with Crippen molar-refractivity contribution in [2.45, 2.75) is 88.2 Å². The zero-order valence-corrected chi connectivity index (χ0v) is 18.8. The van der Waals surface area contributed by atoms with Gasteiger partial charge in [-0.15, -0.1) is 0 Å². The van der Waals surface area contributed by atoms with Crippen LogP contribution in [-0.2, 0) is 19.0 Å². The van der Waals surface area contributed by atoms with E-state index >= 15 is 0 Å². The van der Waals surface area contributed by atoms with Gasteiger partial charge in [0.2, 0.25) is 5.91 Å². The Labute approximate surface area is 180 Å².